The number of ether oxygens (including phenoxy) is 2. The predicted octanol–water partition coefficient (Wildman–Crippen LogP) is 3.43. The lowest BCUT2D eigenvalue weighted by atomic mass is 9.92. The van der Waals surface area contributed by atoms with Crippen LogP contribution >= 0.6 is 11.6 Å². The van der Waals surface area contributed by atoms with Gasteiger partial charge in [-0.1, -0.05) is 42.8 Å². The number of para-hydroxylation sites is 1. The molecule has 1 saturated heterocycles. The number of hydrogen-bond donors (Lipinski definition) is 2. The number of methoxy groups -OCH3 is 1. The van der Waals surface area contributed by atoms with E-state index in [-0.39, 0.29) is 11.8 Å². The fourth-order valence-corrected chi connectivity index (χ4v) is 5.18. The fraction of sp³-hybridized carbons (Fsp3) is 0.417. The zero-order valence-electron chi connectivity index (χ0n) is 17.6. The molecular weight excluding hydrogens is 398 g/mol. The van der Waals surface area contributed by atoms with Crippen molar-refractivity contribution in [2.24, 2.45) is 0 Å². The molecule has 3 aliphatic heterocycles. The molecule has 6 heteroatoms. The van der Waals surface area contributed by atoms with Crippen LogP contribution in [-0.2, 0) is 0 Å². The van der Waals surface area contributed by atoms with Crippen LogP contribution in [0.4, 0.5) is 0 Å². The molecule has 3 aliphatic rings. The second kappa shape index (κ2) is 7.80. The molecule has 5 nitrogen and oxygen atoms in total. The number of fused-ring (bicyclic) bond motifs is 4. The maximum absolute atomic E-state index is 6.80. The number of likely N-dealkylation sites (tertiary alicyclic amines) is 1. The van der Waals surface area contributed by atoms with Crippen molar-refractivity contribution in [3.8, 4) is 11.5 Å². The Morgan fingerprint density at radius 1 is 1.20 bits per heavy atom. The van der Waals surface area contributed by atoms with Crippen molar-refractivity contribution in [1.82, 2.24) is 10.4 Å². The van der Waals surface area contributed by atoms with Gasteiger partial charge in [0, 0.05) is 10.6 Å². The molecule has 1 atom stereocenters. The first-order chi connectivity index (χ1) is 14.6. The average molecular weight is 427 g/mol. The second-order valence-electron chi connectivity index (χ2n) is 8.44. The molecule has 0 radical (unpaired) electrons. The van der Waals surface area contributed by atoms with E-state index >= 15 is 0 Å². The van der Waals surface area contributed by atoms with Gasteiger partial charge in [-0.2, -0.15) is 5.01 Å². The summed E-state index contributed by atoms with van der Waals surface area (Å²) in [5.74, 6) is 1.69. The molecule has 0 aromatic heterocycles. The molecule has 0 aliphatic carbocycles. The lowest BCUT2D eigenvalue weighted by Gasteiger charge is -2.50. The summed E-state index contributed by atoms with van der Waals surface area (Å²) in [6, 6.07) is 14.3. The molecule has 2 aromatic carbocycles. The Morgan fingerprint density at radius 2 is 1.97 bits per heavy atom. The largest absolute Gasteiger partial charge is 0.493 e. The minimum atomic E-state index is -0.381. The van der Waals surface area contributed by atoms with E-state index < -0.39 is 0 Å². The molecule has 3 heterocycles. The highest BCUT2D eigenvalue weighted by Gasteiger charge is 2.53. The number of halogens is 1. The van der Waals surface area contributed by atoms with Gasteiger partial charge in [-0.15, -0.1) is 0 Å². The fourth-order valence-electron chi connectivity index (χ4n) is 5.06. The van der Waals surface area contributed by atoms with Crippen LogP contribution in [-0.4, -0.2) is 37.5 Å². The van der Waals surface area contributed by atoms with Crippen molar-refractivity contribution in [3.63, 3.8) is 0 Å². The van der Waals surface area contributed by atoms with Crippen molar-refractivity contribution in [3.05, 3.63) is 64.7 Å². The van der Waals surface area contributed by atoms with E-state index in [0.29, 0.717) is 0 Å². The minimum Gasteiger partial charge on any atom is -0.493 e. The van der Waals surface area contributed by atoms with E-state index in [9.17, 15) is 0 Å². The van der Waals surface area contributed by atoms with Gasteiger partial charge in [-0.3, -0.25) is 0 Å². The first kappa shape index (κ1) is 19.7. The number of benzene rings is 2. The van der Waals surface area contributed by atoms with Crippen molar-refractivity contribution in [2.45, 2.75) is 38.0 Å². The summed E-state index contributed by atoms with van der Waals surface area (Å²) in [6.45, 7) is 5.70. The van der Waals surface area contributed by atoms with Crippen LogP contribution in [0.1, 0.15) is 43.4 Å². The SMILES string of the molecule is CCC[NH+]1CCC2(CC1)Oc1c(OC)cccc1[C@@H]1C=C(c3ccc(Cl)cc3)NN12. The van der Waals surface area contributed by atoms with E-state index in [1.807, 2.05) is 24.3 Å². The lowest BCUT2D eigenvalue weighted by molar-refractivity contribution is -0.908. The van der Waals surface area contributed by atoms with Gasteiger partial charge in [0.05, 0.1) is 51.3 Å². The number of nitrogens with one attached hydrogen (secondary N) is 2. The first-order valence-corrected chi connectivity index (χ1v) is 11.2. The highest BCUT2D eigenvalue weighted by Crippen LogP contribution is 2.50. The molecule has 0 bridgehead atoms. The third kappa shape index (κ3) is 3.25. The summed E-state index contributed by atoms with van der Waals surface area (Å²) in [5, 5.41) is 3.08. The molecule has 2 aromatic rings. The van der Waals surface area contributed by atoms with Crippen molar-refractivity contribution in [2.75, 3.05) is 26.7 Å². The van der Waals surface area contributed by atoms with Crippen LogP contribution in [0, 0.1) is 0 Å². The molecule has 2 N–H and O–H groups in total. The summed E-state index contributed by atoms with van der Waals surface area (Å²) < 4.78 is 12.5. The zero-order chi connectivity index (χ0) is 20.7. The third-order valence-corrected chi connectivity index (χ3v) is 6.87. The normalized spacial score (nSPS) is 27.6. The van der Waals surface area contributed by atoms with E-state index in [1.165, 1.54) is 13.0 Å². The molecule has 0 amide bonds. The number of hydrogen-bond acceptors (Lipinski definition) is 4. The predicted molar refractivity (Wildman–Crippen MR) is 119 cm³/mol. The van der Waals surface area contributed by atoms with Gasteiger partial charge in [-0.05, 0) is 36.3 Å². The average Bonchev–Trinajstić information content (AvgIpc) is 3.23. The number of quaternary nitrogens is 1. The summed E-state index contributed by atoms with van der Waals surface area (Å²) in [6.07, 6.45) is 5.47. The second-order valence-corrected chi connectivity index (χ2v) is 8.88. The molecular formula is C24H29ClN3O2+. The van der Waals surface area contributed by atoms with E-state index in [1.54, 1.807) is 12.0 Å². The zero-order valence-corrected chi connectivity index (χ0v) is 18.3. The van der Waals surface area contributed by atoms with Crippen molar-refractivity contribution >= 4 is 17.3 Å². The molecule has 1 spiro atoms. The number of rotatable bonds is 4. The van der Waals surface area contributed by atoms with Gasteiger partial charge in [0.25, 0.3) is 0 Å². The monoisotopic (exact) mass is 426 g/mol. The van der Waals surface area contributed by atoms with Crippen LogP contribution in [0.5, 0.6) is 11.5 Å². The maximum Gasteiger partial charge on any atom is 0.191 e. The van der Waals surface area contributed by atoms with Crippen molar-refractivity contribution < 1.29 is 14.4 Å². The van der Waals surface area contributed by atoms with Gasteiger partial charge < -0.3 is 19.8 Å². The van der Waals surface area contributed by atoms with Gasteiger partial charge in [0.2, 0.25) is 0 Å². The Labute approximate surface area is 183 Å². The summed E-state index contributed by atoms with van der Waals surface area (Å²) in [4.78, 5) is 1.67. The first-order valence-electron chi connectivity index (χ1n) is 10.9. The quantitative estimate of drug-likeness (QED) is 0.785. The van der Waals surface area contributed by atoms with Gasteiger partial charge in [0.1, 0.15) is 0 Å². The summed E-state index contributed by atoms with van der Waals surface area (Å²) in [5.41, 5.74) is 6.67. The van der Waals surface area contributed by atoms with Crippen LogP contribution in [0.15, 0.2) is 48.5 Å². The molecule has 5 rings (SSSR count). The Hall–Kier alpha value is -2.21. The Bertz CT molecular complexity index is 951. The maximum atomic E-state index is 6.80. The van der Waals surface area contributed by atoms with E-state index in [4.69, 9.17) is 21.1 Å². The van der Waals surface area contributed by atoms with Gasteiger partial charge in [0.15, 0.2) is 17.2 Å². The van der Waals surface area contributed by atoms with E-state index in [2.05, 4.69) is 41.6 Å². The number of hydrazine groups is 1. The summed E-state index contributed by atoms with van der Waals surface area (Å²) >= 11 is 6.11. The Kier molecular flexibility index (Phi) is 5.13. The highest BCUT2D eigenvalue weighted by atomic mass is 35.5. The van der Waals surface area contributed by atoms with Crippen LogP contribution in [0.2, 0.25) is 5.02 Å². The van der Waals surface area contributed by atoms with Crippen molar-refractivity contribution in [1.29, 1.82) is 0 Å². The minimum absolute atomic E-state index is 0.0993. The molecule has 0 saturated carbocycles. The molecule has 0 unspecified atom stereocenters. The molecule has 1 fully saturated rings. The third-order valence-electron chi connectivity index (χ3n) is 6.62. The lowest BCUT2D eigenvalue weighted by Crippen LogP contribution is -3.14. The van der Waals surface area contributed by atoms with E-state index in [0.717, 1.165) is 59.3 Å². The highest BCUT2D eigenvalue weighted by molar-refractivity contribution is 6.30. The number of piperidine rings is 1. The molecule has 158 valence electrons. The van der Waals surface area contributed by atoms with Crippen LogP contribution in [0.25, 0.3) is 5.70 Å². The van der Waals surface area contributed by atoms with Crippen LogP contribution in [0.3, 0.4) is 0 Å². The topological polar surface area (TPSA) is 38.2 Å². The Morgan fingerprint density at radius 3 is 2.67 bits per heavy atom. The smallest absolute Gasteiger partial charge is 0.191 e. The summed E-state index contributed by atoms with van der Waals surface area (Å²) in [7, 11) is 1.72. The molecule has 30 heavy (non-hydrogen) atoms. The van der Waals surface area contributed by atoms with Gasteiger partial charge >= 0.3 is 0 Å². The van der Waals surface area contributed by atoms with Gasteiger partial charge in [-0.25, -0.2) is 0 Å². The van der Waals surface area contributed by atoms with Crippen LogP contribution < -0.4 is 19.8 Å². The Balaban J connectivity index is 1.54. The number of nitrogens with zero attached hydrogens (tertiary/aromatic N) is 1. The standard InChI is InChI=1S/C24H28ClN3O2/c1-3-13-27-14-11-24(12-15-27)28-21(19-5-4-6-22(29-2)23(19)30-24)16-20(26-28)17-7-9-18(25)10-8-17/h4-10,16,21,26H,3,11-15H2,1-2H3/p+1/t21-/m0/s1.